The summed E-state index contributed by atoms with van der Waals surface area (Å²) in [4.78, 5) is 0. The maximum Gasteiger partial charge on any atom is 0.211 e. The minimum atomic E-state index is 0.919. The lowest BCUT2D eigenvalue weighted by Crippen LogP contribution is -2.03. The third-order valence-corrected chi connectivity index (χ3v) is 7.09. The molecule has 182 valence electrons. The van der Waals surface area contributed by atoms with E-state index in [1.165, 1.54) is 65.5 Å². The smallest absolute Gasteiger partial charge is 0.211 e. The Bertz CT molecular complexity index is 990. The number of hydrogen-bond acceptors (Lipinski definition) is 0. The Balaban J connectivity index is 1.91. The Labute approximate surface area is 208 Å². The van der Waals surface area contributed by atoms with E-state index in [0.717, 1.165) is 61.0 Å². The summed E-state index contributed by atoms with van der Waals surface area (Å²) in [5.74, 6) is 0. The first-order valence-electron chi connectivity index (χ1n) is 13.8. The third-order valence-electron chi connectivity index (χ3n) is 7.09. The van der Waals surface area contributed by atoms with Crippen molar-refractivity contribution >= 4 is 11.4 Å². The van der Waals surface area contributed by atoms with Crippen molar-refractivity contribution in [1.29, 1.82) is 0 Å². The number of aryl methyl sites for hydroxylation is 2. The van der Waals surface area contributed by atoms with Crippen molar-refractivity contribution in [1.82, 2.24) is 0 Å². The highest BCUT2D eigenvalue weighted by molar-refractivity contribution is 5.82. The van der Waals surface area contributed by atoms with E-state index in [0.29, 0.717) is 0 Å². The largest absolute Gasteiger partial charge is 0.493 e. The van der Waals surface area contributed by atoms with Crippen LogP contribution in [0.3, 0.4) is 0 Å². The minimum absolute atomic E-state index is 0.919. The summed E-state index contributed by atoms with van der Waals surface area (Å²) in [6.07, 6.45) is 14.0. The molecule has 0 spiro atoms. The van der Waals surface area contributed by atoms with E-state index in [4.69, 9.17) is 0 Å². The van der Waals surface area contributed by atoms with Gasteiger partial charge in [0, 0.05) is 22.3 Å². The molecule has 0 saturated heterocycles. The van der Waals surface area contributed by atoms with Crippen LogP contribution in [0.5, 0.6) is 0 Å². The zero-order chi connectivity index (χ0) is 24.3. The van der Waals surface area contributed by atoms with Crippen molar-refractivity contribution in [3.8, 4) is 0 Å². The number of nitrogens with zero attached hydrogens (tertiary/aromatic N) is 2. The fourth-order valence-corrected chi connectivity index (χ4v) is 5.07. The number of unbranched alkanes of at least 4 members (excludes halogenated alkanes) is 5. The standard InChI is InChI=1S/C32H44N2/c1-5-9-12-14-25-17-21-27(22-18-25)31-29(8-4)30(16-11-7-3)32(34(31)33)28-23-19-26(20-24-28)15-13-10-6-2/h17-24H,5-16H2,1-4H3. The van der Waals surface area contributed by atoms with Crippen LogP contribution >= 0.6 is 0 Å². The normalized spacial score (nSPS) is 13.9. The molecule has 2 heteroatoms. The van der Waals surface area contributed by atoms with E-state index in [-0.39, 0.29) is 0 Å². The van der Waals surface area contributed by atoms with Gasteiger partial charge in [-0.25, -0.2) is 4.70 Å². The van der Waals surface area contributed by atoms with Gasteiger partial charge in [0.1, 0.15) is 0 Å². The van der Waals surface area contributed by atoms with Crippen molar-refractivity contribution in [2.45, 2.75) is 105 Å². The zero-order valence-corrected chi connectivity index (χ0v) is 22.0. The Morgan fingerprint density at radius 2 is 0.971 bits per heavy atom. The Morgan fingerprint density at radius 3 is 1.38 bits per heavy atom. The van der Waals surface area contributed by atoms with E-state index >= 15 is 0 Å². The molecule has 0 saturated carbocycles. The average Bonchev–Trinajstić information content (AvgIpc) is 3.15. The van der Waals surface area contributed by atoms with E-state index < -0.39 is 0 Å². The van der Waals surface area contributed by atoms with Gasteiger partial charge in [-0.05, 0) is 80.3 Å². The summed E-state index contributed by atoms with van der Waals surface area (Å²) < 4.78 is 1.49. The summed E-state index contributed by atoms with van der Waals surface area (Å²) in [5.41, 5.74) is 21.1. The molecular formula is C32H44N2. The van der Waals surface area contributed by atoms with Crippen LogP contribution in [0.1, 0.15) is 114 Å². The van der Waals surface area contributed by atoms with Crippen LogP contribution < -0.4 is 0 Å². The first-order chi connectivity index (χ1) is 16.6. The molecule has 0 fully saturated rings. The summed E-state index contributed by atoms with van der Waals surface area (Å²) >= 11 is 0. The molecular weight excluding hydrogens is 412 g/mol. The van der Waals surface area contributed by atoms with E-state index in [1.54, 1.807) is 0 Å². The van der Waals surface area contributed by atoms with Gasteiger partial charge in [0.25, 0.3) is 0 Å². The molecule has 1 aliphatic rings. The van der Waals surface area contributed by atoms with Crippen LogP contribution in [0.15, 0.2) is 59.7 Å². The van der Waals surface area contributed by atoms with Gasteiger partial charge >= 0.3 is 0 Å². The number of benzene rings is 2. The fourth-order valence-electron chi connectivity index (χ4n) is 5.07. The molecule has 0 bridgehead atoms. The lowest BCUT2D eigenvalue weighted by Gasteiger charge is -2.11. The Hall–Kier alpha value is -2.48. The van der Waals surface area contributed by atoms with Crippen molar-refractivity contribution in [3.05, 3.63) is 87.5 Å². The lowest BCUT2D eigenvalue weighted by molar-refractivity contribution is -0.345. The first-order valence-corrected chi connectivity index (χ1v) is 13.8. The summed E-state index contributed by atoms with van der Waals surface area (Å²) in [5, 5.41) is 0. The molecule has 2 aromatic carbocycles. The molecule has 2 nitrogen and oxygen atoms in total. The molecule has 0 radical (unpaired) electrons. The lowest BCUT2D eigenvalue weighted by atomic mass is 9.93. The van der Waals surface area contributed by atoms with Gasteiger partial charge in [-0.2, -0.15) is 0 Å². The molecule has 1 aliphatic heterocycles. The second kappa shape index (κ2) is 13.4. The van der Waals surface area contributed by atoms with Crippen molar-refractivity contribution in [3.63, 3.8) is 0 Å². The Morgan fingerprint density at radius 1 is 0.529 bits per heavy atom. The van der Waals surface area contributed by atoms with E-state index in [1.807, 2.05) is 0 Å². The maximum atomic E-state index is 11.5. The molecule has 0 amide bonds. The highest BCUT2D eigenvalue weighted by atomic mass is 15.2. The second-order valence-corrected chi connectivity index (χ2v) is 9.73. The molecule has 3 rings (SSSR count). The molecule has 0 N–H and O–H groups in total. The first kappa shape index (κ1) is 26.1. The van der Waals surface area contributed by atoms with Gasteiger partial charge in [-0.3, -0.25) is 0 Å². The van der Waals surface area contributed by atoms with E-state index in [9.17, 15) is 5.53 Å². The predicted octanol–water partition coefficient (Wildman–Crippen LogP) is 9.92. The zero-order valence-electron chi connectivity index (χ0n) is 22.0. The Kier molecular flexibility index (Phi) is 10.3. The number of rotatable bonds is 14. The SMILES string of the molecule is CCCCCc1ccc(C2=C(CC)C(CCCC)=C(c3ccc(CCCCC)cc3)[N+]2=[N-])cc1. The van der Waals surface area contributed by atoms with E-state index in [2.05, 4.69) is 76.2 Å². The van der Waals surface area contributed by atoms with Gasteiger partial charge in [-0.15, -0.1) is 0 Å². The van der Waals surface area contributed by atoms with Crippen LogP contribution in [-0.2, 0) is 12.8 Å². The van der Waals surface area contributed by atoms with Gasteiger partial charge in [0.2, 0.25) is 11.4 Å². The van der Waals surface area contributed by atoms with Crippen LogP contribution in [0.4, 0.5) is 0 Å². The van der Waals surface area contributed by atoms with Crippen LogP contribution in [0, 0.1) is 0 Å². The topological polar surface area (TPSA) is 25.3 Å². The van der Waals surface area contributed by atoms with Crippen molar-refractivity contribution < 1.29 is 4.70 Å². The summed E-state index contributed by atoms with van der Waals surface area (Å²) in [7, 11) is 0. The molecule has 0 aliphatic carbocycles. The van der Waals surface area contributed by atoms with Crippen LogP contribution in [0.25, 0.3) is 16.9 Å². The monoisotopic (exact) mass is 456 g/mol. The van der Waals surface area contributed by atoms with Crippen LogP contribution in [-0.4, -0.2) is 4.70 Å². The highest BCUT2D eigenvalue weighted by Gasteiger charge is 2.34. The third kappa shape index (κ3) is 6.34. The highest BCUT2D eigenvalue weighted by Crippen LogP contribution is 2.43. The molecule has 1 heterocycles. The number of hydrogen-bond donors (Lipinski definition) is 0. The van der Waals surface area contributed by atoms with Gasteiger partial charge in [0.15, 0.2) is 0 Å². The maximum absolute atomic E-state index is 11.5. The van der Waals surface area contributed by atoms with Crippen molar-refractivity contribution in [2.75, 3.05) is 0 Å². The molecule has 34 heavy (non-hydrogen) atoms. The van der Waals surface area contributed by atoms with Gasteiger partial charge in [0.05, 0.1) is 0 Å². The second-order valence-electron chi connectivity index (χ2n) is 9.73. The molecule has 0 atom stereocenters. The average molecular weight is 457 g/mol. The molecule has 2 aromatic rings. The molecule has 0 unspecified atom stereocenters. The summed E-state index contributed by atoms with van der Waals surface area (Å²) in [6, 6.07) is 17.8. The molecule has 0 aromatic heterocycles. The quantitative estimate of drug-likeness (QED) is 0.200. The number of allylic oxidation sites excluding steroid dienone is 2. The minimum Gasteiger partial charge on any atom is -0.493 e. The summed E-state index contributed by atoms with van der Waals surface area (Å²) in [6.45, 7) is 8.95. The van der Waals surface area contributed by atoms with Gasteiger partial charge in [-0.1, -0.05) is 84.1 Å². The predicted molar refractivity (Wildman–Crippen MR) is 147 cm³/mol. The van der Waals surface area contributed by atoms with Crippen LogP contribution in [0.2, 0.25) is 0 Å². The van der Waals surface area contributed by atoms with Gasteiger partial charge < -0.3 is 5.53 Å². The fraction of sp³-hybridized carbons (Fsp3) is 0.500. The van der Waals surface area contributed by atoms with Crippen molar-refractivity contribution in [2.24, 2.45) is 0 Å².